The zero-order chi connectivity index (χ0) is 38.1. The van der Waals surface area contributed by atoms with Gasteiger partial charge >= 0.3 is 0 Å². The van der Waals surface area contributed by atoms with Crippen molar-refractivity contribution < 1.29 is 40.4 Å². The van der Waals surface area contributed by atoms with E-state index in [9.17, 15) is 35.8 Å². The molecule has 12 heteroatoms. The van der Waals surface area contributed by atoms with Crippen LogP contribution in [0.1, 0.15) is 89.8 Å². The molecule has 0 spiro atoms. The summed E-state index contributed by atoms with van der Waals surface area (Å²) in [5.74, 6) is 0.463. The fourth-order valence-corrected chi connectivity index (χ4v) is 8.50. The van der Waals surface area contributed by atoms with E-state index in [4.69, 9.17) is 0 Å². The molecule has 2 heterocycles. The lowest BCUT2D eigenvalue weighted by atomic mass is 9.81. The Bertz CT molecular complexity index is 2160. The van der Waals surface area contributed by atoms with E-state index in [-0.39, 0.29) is 21.3 Å². The number of anilines is 1. The standard InChI is InChI=1S/C40H48N2O8S2/c1-6-41-35-23-21-31(51(45,46)47)26-33(35)39(2,3)37(41)15-11-16-38-40(4,5)34-27-32(52(48,49)50)22-24-36(34)42(38)25-9-7-8-13-29(43)14-10-12-28-17-19-30(44)20-18-28/h11,15-24,26-27H,6-10,12-14,25H2,1-5H3,(H2-,44,45,46,47,48,49,50)/p+1. The van der Waals surface area contributed by atoms with E-state index in [1.807, 2.05) is 65.0 Å². The number of phenols is 1. The van der Waals surface area contributed by atoms with Gasteiger partial charge in [-0.05, 0) is 106 Å². The minimum atomic E-state index is -4.41. The first kappa shape index (κ1) is 39.1. The molecule has 0 bridgehead atoms. The molecule has 3 aromatic carbocycles. The molecule has 3 N–H and O–H groups in total. The van der Waals surface area contributed by atoms with Crippen molar-refractivity contribution in [1.29, 1.82) is 0 Å². The van der Waals surface area contributed by atoms with Crippen molar-refractivity contribution in [1.82, 2.24) is 0 Å². The molecule has 0 radical (unpaired) electrons. The maximum absolute atomic E-state index is 12.6. The lowest BCUT2D eigenvalue weighted by Crippen LogP contribution is -2.28. The number of hydrogen-bond acceptors (Lipinski definition) is 7. The molecule has 0 amide bonds. The topological polar surface area (TPSA) is 152 Å². The second-order valence-electron chi connectivity index (χ2n) is 14.6. The molecule has 3 aromatic rings. The van der Waals surface area contributed by atoms with Crippen molar-refractivity contribution in [2.45, 2.75) is 100 Å². The number of hydrogen-bond donors (Lipinski definition) is 3. The number of allylic oxidation sites excluding steroid dienone is 4. The van der Waals surface area contributed by atoms with Gasteiger partial charge in [-0.2, -0.15) is 21.4 Å². The normalized spacial score (nSPS) is 17.3. The average molecular weight is 750 g/mol. The fraction of sp³-hybridized carbons (Fsp3) is 0.400. The monoisotopic (exact) mass is 749 g/mol. The number of rotatable bonds is 15. The number of nitrogens with zero attached hydrogens (tertiary/aromatic N) is 2. The smallest absolute Gasteiger partial charge is 0.294 e. The van der Waals surface area contributed by atoms with Gasteiger partial charge in [-0.1, -0.05) is 32.1 Å². The highest BCUT2D eigenvalue weighted by Crippen LogP contribution is 2.48. The third-order valence-electron chi connectivity index (χ3n) is 10.3. The van der Waals surface area contributed by atoms with Gasteiger partial charge in [0.15, 0.2) is 5.71 Å². The number of benzene rings is 3. The van der Waals surface area contributed by atoms with Crippen LogP contribution in [0.3, 0.4) is 0 Å². The van der Waals surface area contributed by atoms with Gasteiger partial charge in [0.25, 0.3) is 20.2 Å². The van der Waals surface area contributed by atoms with Crippen LogP contribution >= 0.6 is 0 Å². The van der Waals surface area contributed by atoms with Crippen molar-refractivity contribution >= 4 is 43.1 Å². The molecule has 2 aliphatic rings. The summed E-state index contributed by atoms with van der Waals surface area (Å²) in [5.41, 5.74) is 5.12. The Hall–Kier alpha value is -4.10. The molecule has 0 fully saturated rings. The minimum Gasteiger partial charge on any atom is -0.508 e. The number of unbranched alkanes of at least 4 members (excludes halogenated alkanes) is 2. The summed E-state index contributed by atoms with van der Waals surface area (Å²) in [4.78, 5) is 14.4. The number of aromatic hydroxyl groups is 1. The number of phenolic OH excluding ortho intramolecular Hbond substituents is 1. The van der Waals surface area contributed by atoms with Gasteiger partial charge < -0.3 is 10.0 Å². The maximum Gasteiger partial charge on any atom is 0.294 e. The zero-order valence-electron chi connectivity index (χ0n) is 30.5. The van der Waals surface area contributed by atoms with Crippen LogP contribution in [0.5, 0.6) is 5.75 Å². The number of Topliss-reactive ketones (excluding diaryl/α,β-unsaturated/α-hetero) is 1. The molecule has 2 aliphatic heterocycles. The highest BCUT2D eigenvalue weighted by Gasteiger charge is 2.45. The molecular weight excluding hydrogens is 701 g/mol. The van der Waals surface area contributed by atoms with Gasteiger partial charge in [0.2, 0.25) is 5.69 Å². The zero-order valence-corrected chi connectivity index (χ0v) is 32.1. The van der Waals surface area contributed by atoms with Gasteiger partial charge in [0, 0.05) is 60.3 Å². The number of fused-ring (bicyclic) bond motifs is 2. The quantitative estimate of drug-likeness (QED) is 0.0808. The lowest BCUT2D eigenvalue weighted by molar-refractivity contribution is -0.438. The Morgan fingerprint density at radius 1 is 0.788 bits per heavy atom. The van der Waals surface area contributed by atoms with E-state index in [0.29, 0.717) is 25.9 Å². The summed E-state index contributed by atoms with van der Waals surface area (Å²) in [5, 5.41) is 9.46. The molecule has 5 rings (SSSR count). The van der Waals surface area contributed by atoms with Crippen LogP contribution in [0.25, 0.3) is 0 Å². The Labute approximate surface area is 307 Å². The van der Waals surface area contributed by atoms with Crippen LogP contribution in [-0.4, -0.2) is 60.2 Å². The molecule has 0 atom stereocenters. The van der Waals surface area contributed by atoms with Crippen molar-refractivity contribution in [3.05, 3.63) is 101 Å². The summed E-state index contributed by atoms with van der Waals surface area (Å²) >= 11 is 0. The Balaban J connectivity index is 1.35. The number of likely N-dealkylation sites (N-methyl/N-ethyl adjacent to an activating group) is 1. The van der Waals surface area contributed by atoms with Crippen LogP contribution < -0.4 is 4.90 Å². The first-order chi connectivity index (χ1) is 24.4. The van der Waals surface area contributed by atoms with Crippen molar-refractivity contribution in [2.24, 2.45) is 0 Å². The second kappa shape index (κ2) is 15.1. The molecule has 0 saturated heterocycles. The third-order valence-corrected chi connectivity index (χ3v) is 12.0. The van der Waals surface area contributed by atoms with Gasteiger partial charge in [-0.15, -0.1) is 0 Å². The van der Waals surface area contributed by atoms with Gasteiger partial charge in [0.1, 0.15) is 18.1 Å². The summed E-state index contributed by atoms with van der Waals surface area (Å²) in [7, 11) is -8.78. The molecule has 10 nitrogen and oxygen atoms in total. The molecule has 0 aromatic heterocycles. The van der Waals surface area contributed by atoms with Crippen LogP contribution in [0.4, 0.5) is 11.4 Å². The molecular formula is C40H49N2O8S2+. The summed E-state index contributed by atoms with van der Waals surface area (Å²) < 4.78 is 69.7. The van der Waals surface area contributed by atoms with E-state index in [0.717, 1.165) is 71.6 Å². The van der Waals surface area contributed by atoms with Crippen molar-refractivity contribution in [3.63, 3.8) is 0 Å². The van der Waals surface area contributed by atoms with E-state index in [2.05, 4.69) is 9.48 Å². The molecule has 0 saturated carbocycles. The van der Waals surface area contributed by atoms with E-state index < -0.39 is 31.1 Å². The molecule has 0 aliphatic carbocycles. The maximum atomic E-state index is 12.6. The second-order valence-corrected chi connectivity index (χ2v) is 17.5. The van der Waals surface area contributed by atoms with Gasteiger partial charge in [-0.3, -0.25) is 13.9 Å². The van der Waals surface area contributed by atoms with Crippen LogP contribution in [-0.2, 0) is 42.3 Å². The number of aryl methyl sites for hydroxylation is 1. The van der Waals surface area contributed by atoms with Crippen molar-refractivity contribution in [2.75, 3.05) is 18.0 Å². The first-order valence-electron chi connectivity index (χ1n) is 17.7. The largest absolute Gasteiger partial charge is 0.508 e. The van der Waals surface area contributed by atoms with E-state index >= 15 is 0 Å². The van der Waals surface area contributed by atoms with Crippen LogP contribution in [0.2, 0.25) is 0 Å². The predicted octanol–water partition coefficient (Wildman–Crippen LogP) is 7.67. The van der Waals surface area contributed by atoms with Crippen molar-refractivity contribution in [3.8, 4) is 5.75 Å². The summed E-state index contributed by atoms with van der Waals surface area (Å²) in [6, 6.07) is 16.4. The first-order valence-corrected chi connectivity index (χ1v) is 20.6. The van der Waals surface area contributed by atoms with E-state index in [1.165, 1.54) is 24.3 Å². The SMILES string of the molecule is CCN1C(=CC=CC2=[N+](CCCCCC(=O)CCCc3ccc(O)cc3)c3ccc(S(=O)(=O)O)cc3C2(C)C)C(C)(C)c2cc(S(=O)(=O)O)ccc21. The Kier molecular flexibility index (Phi) is 11.4. The minimum absolute atomic E-state index is 0.150. The van der Waals surface area contributed by atoms with E-state index in [1.54, 1.807) is 24.3 Å². The van der Waals surface area contributed by atoms with Gasteiger partial charge in [0.05, 0.1) is 15.2 Å². The lowest BCUT2D eigenvalue weighted by Gasteiger charge is -2.25. The number of carbonyl (C=O) groups is 1. The fourth-order valence-electron chi connectivity index (χ4n) is 7.49. The highest BCUT2D eigenvalue weighted by molar-refractivity contribution is 7.86. The molecule has 278 valence electrons. The van der Waals surface area contributed by atoms with Gasteiger partial charge in [-0.25, -0.2) is 0 Å². The highest BCUT2D eigenvalue weighted by atomic mass is 32.2. The molecule has 0 unspecified atom stereocenters. The Morgan fingerprint density at radius 2 is 1.40 bits per heavy atom. The molecule has 52 heavy (non-hydrogen) atoms. The number of carbonyl (C=O) groups excluding carboxylic acids is 1. The van der Waals surface area contributed by atoms with Crippen LogP contribution in [0, 0.1) is 0 Å². The summed E-state index contributed by atoms with van der Waals surface area (Å²) in [6.45, 7) is 11.4. The Morgan fingerprint density at radius 3 is 2.04 bits per heavy atom. The van der Waals surface area contributed by atoms with Crippen LogP contribution in [0.15, 0.2) is 94.4 Å². The predicted molar refractivity (Wildman–Crippen MR) is 203 cm³/mol. The average Bonchev–Trinajstić information content (AvgIpc) is 3.42. The number of ketones is 1. The third kappa shape index (κ3) is 8.25. The summed E-state index contributed by atoms with van der Waals surface area (Å²) in [6.07, 6.45) is 11.0.